The minimum Gasteiger partial charge on any atom is -0.466 e. The Labute approximate surface area is 215 Å². The third kappa shape index (κ3) is 4.89. The second kappa shape index (κ2) is 11.2. The number of hydrogen-bond acceptors (Lipinski definition) is 6. The van der Waals surface area contributed by atoms with Gasteiger partial charge in [-0.15, -0.1) is 18.3 Å². The van der Waals surface area contributed by atoms with Crippen LogP contribution >= 0.6 is 11.8 Å². The number of rotatable bonds is 13. The number of thioether (sulfide) groups is 1. The summed E-state index contributed by atoms with van der Waals surface area (Å²) in [6.07, 6.45) is 6.74. The number of nitrogens with zero attached hydrogens (tertiary/aromatic N) is 2. The molecule has 1 spiro atoms. The number of hydrogen-bond donors (Lipinski definition) is 1. The Morgan fingerprint density at radius 3 is 2.60 bits per heavy atom. The lowest BCUT2D eigenvalue weighted by molar-refractivity contribution is -0.155. The summed E-state index contributed by atoms with van der Waals surface area (Å²) in [6.45, 7) is 15.0. The molecule has 7 nitrogen and oxygen atoms in total. The Morgan fingerprint density at radius 1 is 1.31 bits per heavy atom. The molecular formula is C27H44N2O5S. The van der Waals surface area contributed by atoms with Crippen LogP contribution in [0.2, 0.25) is 0 Å². The van der Waals surface area contributed by atoms with Gasteiger partial charge in [-0.25, -0.2) is 0 Å². The van der Waals surface area contributed by atoms with E-state index < -0.39 is 33.4 Å². The zero-order valence-electron chi connectivity index (χ0n) is 22.1. The zero-order valence-corrected chi connectivity index (χ0v) is 22.9. The van der Waals surface area contributed by atoms with Gasteiger partial charge in [0, 0.05) is 17.8 Å². The highest BCUT2D eigenvalue weighted by Gasteiger charge is 2.78. The molecule has 3 heterocycles. The summed E-state index contributed by atoms with van der Waals surface area (Å²) in [5.41, 5.74) is 0. The summed E-state index contributed by atoms with van der Waals surface area (Å²) < 4.78 is 4.33. The van der Waals surface area contributed by atoms with E-state index in [9.17, 15) is 19.5 Å². The molecule has 35 heavy (non-hydrogen) atoms. The number of fused-ring (bicyclic) bond motifs is 1. The largest absolute Gasteiger partial charge is 0.466 e. The Hall–Kier alpha value is -1.54. The summed E-state index contributed by atoms with van der Waals surface area (Å²) >= 11 is 1.65. The SMILES string of the molecule is C=CCN(CCCCC)C(=O)C1N([C@@H](CO)CC(C)C)C(=O)[C@@H]2[C@H](C(=O)OCC)[C@]3(C)CCC12S3. The molecule has 6 atom stereocenters. The number of likely N-dealkylation sites (tertiary alicyclic amines) is 1. The molecule has 3 saturated heterocycles. The van der Waals surface area contributed by atoms with Crippen molar-refractivity contribution in [2.24, 2.45) is 17.8 Å². The van der Waals surface area contributed by atoms with Gasteiger partial charge in [0.2, 0.25) is 11.8 Å². The van der Waals surface area contributed by atoms with Gasteiger partial charge in [-0.3, -0.25) is 14.4 Å². The molecule has 3 rings (SSSR count). The van der Waals surface area contributed by atoms with Crippen LogP contribution in [0.1, 0.15) is 73.1 Å². The second-order valence-electron chi connectivity index (χ2n) is 11.0. The van der Waals surface area contributed by atoms with E-state index in [0.29, 0.717) is 25.9 Å². The van der Waals surface area contributed by atoms with Crippen molar-refractivity contribution in [3.63, 3.8) is 0 Å². The first kappa shape index (κ1) is 28.0. The number of ether oxygens (including phenoxy) is 1. The minimum absolute atomic E-state index is 0.0830. The van der Waals surface area contributed by atoms with E-state index in [0.717, 1.165) is 25.7 Å². The molecule has 3 aliphatic rings. The maximum absolute atomic E-state index is 14.3. The Kier molecular flexibility index (Phi) is 9.01. The molecule has 2 bridgehead atoms. The summed E-state index contributed by atoms with van der Waals surface area (Å²) in [4.78, 5) is 45.1. The van der Waals surface area contributed by atoms with E-state index in [1.165, 1.54) is 0 Å². The van der Waals surface area contributed by atoms with Crippen molar-refractivity contribution in [2.75, 3.05) is 26.3 Å². The first-order valence-corrected chi connectivity index (χ1v) is 14.1. The number of carbonyl (C=O) groups is 3. The lowest BCUT2D eigenvalue weighted by atomic mass is 9.66. The Balaban J connectivity index is 2.08. The van der Waals surface area contributed by atoms with Crippen LogP contribution in [0.15, 0.2) is 12.7 Å². The highest BCUT2D eigenvalue weighted by atomic mass is 32.2. The fourth-order valence-electron chi connectivity index (χ4n) is 6.62. The molecule has 3 fully saturated rings. The molecule has 8 heteroatoms. The van der Waals surface area contributed by atoms with Crippen LogP contribution in [-0.4, -0.2) is 80.6 Å². The highest BCUT2D eigenvalue weighted by Crippen LogP contribution is 2.71. The summed E-state index contributed by atoms with van der Waals surface area (Å²) in [7, 11) is 0. The Bertz CT molecular complexity index is 819. The molecule has 0 saturated carbocycles. The van der Waals surface area contributed by atoms with E-state index in [2.05, 4.69) is 27.4 Å². The van der Waals surface area contributed by atoms with Crippen molar-refractivity contribution in [3.8, 4) is 0 Å². The summed E-state index contributed by atoms with van der Waals surface area (Å²) in [5, 5.41) is 10.4. The molecule has 2 unspecified atom stereocenters. The third-order valence-corrected chi connectivity index (χ3v) is 10.0. The average Bonchev–Trinajstić information content (AvgIpc) is 3.37. The standard InChI is InChI=1S/C27H44N2O5S/c1-7-10-11-15-28(14-8-2)24(32)22-27-13-12-26(6,35-27)21(25(33)34-9-3)20(27)23(31)29(22)19(17-30)16-18(4)5/h8,18-22,30H,2,7,9-17H2,1,3-6H3/t19-,20+,21-,22?,26+,27?/m1/s1. The van der Waals surface area contributed by atoms with E-state index in [1.54, 1.807) is 29.7 Å². The van der Waals surface area contributed by atoms with Crippen molar-refractivity contribution in [1.29, 1.82) is 0 Å². The molecule has 0 aliphatic carbocycles. The van der Waals surface area contributed by atoms with Gasteiger partial charge in [-0.1, -0.05) is 39.7 Å². The highest BCUT2D eigenvalue weighted by molar-refractivity contribution is 8.02. The van der Waals surface area contributed by atoms with Gasteiger partial charge in [-0.05, 0) is 45.4 Å². The molecule has 0 aromatic heterocycles. The molecule has 3 aliphatic heterocycles. The van der Waals surface area contributed by atoms with Gasteiger partial charge in [0.1, 0.15) is 6.04 Å². The fraction of sp³-hybridized carbons (Fsp3) is 0.815. The number of esters is 1. The lowest BCUT2D eigenvalue weighted by Crippen LogP contribution is -2.57. The van der Waals surface area contributed by atoms with Crippen molar-refractivity contribution in [2.45, 2.75) is 94.7 Å². The smallest absolute Gasteiger partial charge is 0.311 e. The van der Waals surface area contributed by atoms with Gasteiger partial charge in [0.15, 0.2) is 0 Å². The number of aliphatic hydroxyl groups is 1. The van der Waals surface area contributed by atoms with Gasteiger partial charge >= 0.3 is 5.97 Å². The molecule has 198 valence electrons. The summed E-state index contributed by atoms with van der Waals surface area (Å²) in [6, 6.07) is -1.17. The lowest BCUT2D eigenvalue weighted by Gasteiger charge is -2.40. The predicted molar refractivity (Wildman–Crippen MR) is 139 cm³/mol. The van der Waals surface area contributed by atoms with Crippen molar-refractivity contribution >= 4 is 29.5 Å². The third-order valence-electron chi connectivity index (χ3n) is 8.03. The van der Waals surface area contributed by atoms with E-state index >= 15 is 0 Å². The predicted octanol–water partition coefficient (Wildman–Crippen LogP) is 3.64. The molecule has 0 aromatic carbocycles. The maximum Gasteiger partial charge on any atom is 0.311 e. The van der Waals surface area contributed by atoms with Crippen molar-refractivity contribution in [1.82, 2.24) is 9.80 Å². The van der Waals surface area contributed by atoms with Gasteiger partial charge in [0.05, 0.1) is 35.8 Å². The summed E-state index contributed by atoms with van der Waals surface area (Å²) in [5.74, 6) is -1.55. The van der Waals surface area contributed by atoms with Crippen molar-refractivity contribution < 1.29 is 24.2 Å². The van der Waals surface area contributed by atoms with Gasteiger partial charge in [-0.2, -0.15) is 0 Å². The van der Waals surface area contributed by atoms with E-state index in [-0.39, 0.29) is 36.9 Å². The topological polar surface area (TPSA) is 87.2 Å². The molecule has 0 radical (unpaired) electrons. The van der Waals surface area contributed by atoms with E-state index in [1.807, 2.05) is 11.8 Å². The van der Waals surface area contributed by atoms with Crippen LogP contribution in [0.3, 0.4) is 0 Å². The van der Waals surface area contributed by atoms with Crippen LogP contribution in [0.4, 0.5) is 0 Å². The van der Waals surface area contributed by atoms with Gasteiger partial charge < -0.3 is 19.6 Å². The van der Waals surface area contributed by atoms with Crippen LogP contribution in [-0.2, 0) is 19.1 Å². The van der Waals surface area contributed by atoms with Crippen LogP contribution < -0.4 is 0 Å². The zero-order chi connectivity index (χ0) is 26.0. The van der Waals surface area contributed by atoms with Gasteiger partial charge in [0.25, 0.3) is 0 Å². The molecule has 0 aromatic rings. The Morgan fingerprint density at radius 2 is 2.03 bits per heavy atom. The number of amides is 2. The average molecular weight is 509 g/mol. The normalized spacial score (nSPS) is 32.1. The molecular weight excluding hydrogens is 464 g/mol. The fourth-order valence-corrected chi connectivity index (χ4v) is 8.94. The maximum atomic E-state index is 14.3. The first-order valence-electron chi connectivity index (χ1n) is 13.3. The van der Waals surface area contributed by atoms with E-state index in [4.69, 9.17) is 4.74 Å². The van der Waals surface area contributed by atoms with Crippen molar-refractivity contribution in [3.05, 3.63) is 12.7 Å². The number of unbranched alkanes of at least 4 members (excludes halogenated alkanes) is 2. The molecule has 2 amide bonds. The first-order chi connectivity index (χ1) is 16.6. The van der Waals surface area contributed by atoms with Crippen LogP contribution in [0.25, 0.3) is 0 Å². The molecule has 1 N–H and O–H groups in total. The monoisotopic (exact) mass is 508 g/mol. The van der Waals surface area contributed by atoms with Crippen LogP contribution in [0.5, 0.6) is 0 Å². The number of carbonyl (C=O) groups excluding carboxylic acids is 3. The minimum atomic E-state index is -0.705. The quantitative estimate of drug-likeness (QED) is 0.232. The number of aliphatic hydroxyl groups excluding tert-OH is 1. The van der Waals surface area contributed by atoms with Crippen LogP contribution in [0, 0.1) is 17.8 Å². The second-order valence-corrected chi connectivity index (χ2v) is 12.9.